The van der Waals surface area contributed by atoms with Crippen LogP contribution in [0.5, 0.6) is 0 Å². The molecule has 1 aliphatic rings. The molecule has 0 unspecified atom stereocenters. The second kappa shape index (κ2) is 8.95. The molecule has 7 nitrogen and oxygen atoms in total. The minimum absolute atomic E-state index is 0.127. The maximum Gasteiger partial charge on any atom is 0.276 e. The van der Waals surface area contributed by atoms with E-state index < -0.39 is 10.0 Å². The summed E-state index contributed by atoms with van der Waals surface area (Å²) in [6, 6.07) is 4.82. The molecule has 0 saturated carbocycles. The highest BCUT2D eigenvalue weighted by atomic mass is 35.5. The van der Waals surface area contributed by atoms with E-state index >= 15 is 0 Å². The molecule has 11 heteroatoms. The van der Waals surface area contributed by atoms with Gasteiger partial charge in [-0.2, -0.15) is 4.31 Å². The molecule has 0 radical (unpaired) electrons. The number of sulfonamides is 1. The van der Waals surface area contributed by atoms with Crippen LogP contribution in [0.4, 0.5) is 5.13 Å². The van der Waals surface area contributed by atoms with Gasteiger partial charge >= 0.3 is 0 Å². The van der Waals surface area contributed by atoms with E-state index in [-0.39, 0.29) is 16.7 Å². The van der Waals surface area contributed by atoms with E-state index in [0.717, 1.165) is 15.4 Å². The minimum atomic E-state index is -3.59. The van der Waals surface area contributed by atoms with Crippen LogP contribution in [0.15, 0.2) is 34.7 Å². The van der Waals surface area contributed by atoms with Crippen molar-refractivity contribution in [2.24, 2.45) is 0 Å². The Kier molecular flexibility index (Phi) is 6.45. The van der Waals surface area contributed by atoms with Crippen molar-refractivity contribution in [1.82, 2.24) is 14.3 Å². The van der Waals surface area contributed by atoms with Crippen LogP contribution in [-0.4, -0.2) is 41.7 Å². The first-order valence-corrected chi connectivity index (χ1v) is 13.2. The zero-order valence-electron chi connectivity index (χ0n) is 17.0. The van der Waals surface area contributed by atoms with Crippen LogP contribution in [0.1, 0.15) is 44.7 Å². The van der Waals surface area contributed by atoms with Crippen LogP contribution in [0.3, 0.4) is 0 Å². The smallest absolute Gasteiger partial charge is 0.276 e. The summed E-state index contributed by atoms with van der Waals surface area (Å²) < 4.78 is 27.4. The molecule has 1 N–H and O–H groups in total. The molecule has 1 amide bonds. The van der Waals surface area contributed by atoms with Crippen molar-refractivity contribution < 1.29 is 13.2 Å². The number of aryl methyl sites for hydroxylation is 2. The molecule has 164 valence electrons. The number of hydrogen-bond donors (Lipinski definition) is 1. The first-order valence-electron chi connectivity index (χ1n) is 9.69. The average Bonchev–Trinajstić information content (AvgIpc) is 3.39. The summed E-state index contributed by atoms with van der Waals surface area (Å²) in [5.41, 5.74) is 1.20. The molecule has 2 aromatic heterocycles. The zero-order chi connectivity index (χ0) is 22.2. The van der Waals surface area contributed by atoms with E-state index in [1.54, 1.807) is 23.7 Å². The van der Waals surface area contributed by atoms with E-state index in [2.05, 4.69) is 15.3 Å². The summed E-state index contributed by atoms with van der Waals surface area (Å²) in [4.78, 5) is 22.3. The molecule has 1 saturated heterocycles. The molecule has 1 aromatic carbocycles. The Hall–Kier alpha value is -1.85. The van der Waals surface area contributed by atoms with E-state index in [4.69, 9.17) is 11.6 Å². The van der Waals surface area contributed by atoms with Gasteiger partial charge in [0, 0.05) is 40.5 Å². The van der Waals surface area contributed by atoms with Crippen molar-refractivity contribution in [3.63, 3.8) is 0 Å². The largest absolute Gasteiger partial charge is 0.296 e. The fourth-order valence-corrected chi connectivity index (χ4v) is 6.75. The van der Waals surface area contributed by atoms with E-state index in [1.165, 1.54) is 33.0 Å². The van der Waals surface area contributed by atoms with Crippen molar-refractivity contribution in [2.45, 2.75) is 37.5 Å². The topological polar surface area (TPSA) is 92.3 Å². The Morgan fingerprint density at radius 2 is 2.00 bits per heavy atom. The van der Waals surface area contributed by atoms with Crippen molar-refractivity contribution in [1.29, 1.82) is 0 Å². The number of benzene rings is 1. The maximum absolute atomic E-state index is 13.0. The van der Waals surface area contributed by atoms with Crippen LogP contribution in [0.25, 0.3) is 0 Å². The highest BCUT2D eigenvalue weighted by molar-refractivity contribution is 7.89. The van der Waals surface area contributed by atoms with Gasteiger partial charge in [0.15, 0.2) is 5.13 Å². The summed E-state index contributed by atoms with van der Waals surface area (Å²) in [6.07, 6.45) is 3.01. The maximum atomic E-state index is 13.0. The molecule has 0 bridgehead atoms. The molecule has 3 heterocycles. The van der Waals surface area contributed by atoms with Crippen molar-refractivity contribution in [2.75, 3.05) is 18.4 Å². The fourth-order valence-electron chi connectivity index (χ4n) is 3.38. The monoisotopic (exact) mass is 496 g/mol. The third kappa shape index (κ3) is 4.83. The Bertz CT molecular complexity index is 1210. The van der Waals surface area contributed by atoms with Gasteiger partial charge in [-0.25, -0.2) is 18.4 Å². The molecule has 1 fully saturated rings. The number of anilines is 1. The van der Waals surface area contributed by atoms with Gasteiger partial charge in [0.05, 0.1) is 9.90 Å². The second-order valence-corrected chi connectivity index (χ2v) is 11.9. The number of halogens is 1. The minimum Gasteiger partial charge on any atom is -0.296 e. The number of carbonyl (C=O) groups is 1. The summed E-state index contributed by atoms with van der Waals surface area (Å²) in [5.74, 6) is -0.158. The number of aromatic nitrogens is 2. The summed E-state index contributed by atoms with van der Waals surface area (Å²) in [6.45, 7) is 4.56. The number of hydrogen-bond acceptors (Lipinski definition) is 7. The number of nitrogens with one attached hydrogen (secondary N) is 1. The number of carbonyl (C=O) groups excluding carboxylic acids is 1. The number of thiazole rings is 2. The highest BCUT2D eigenvalue weighted by Crippen LogP contribution is 2.33. The Morgan fingerprint density at radius 3 is 2.65 bits per heavy atom. The molecule has 3 aromatic rings. The van der Waals surface area contributed by atoms with Gasteiger partial charge in [-0.1, -0.05) is 17.7 Å². The first kappa shape index (κ1) is 22.3. The lowest BCUT2D eigenvalue weighted by atomic mass is 9.99. The lowest BCUT2D eigenvalue weighted by Crippen LogP contribution is -2.37. The fraction of sp³-hybridized carbons (Fsp3) is 0.350. The molecule has 4 rings (SSSR count). The van der Waals surface area contributed by atoms with E-state index in [0.29, 0.717) is 41.8 Å². The Balaban J connectivity index is 1.40. The van der Waals surface area contributed by atoms with Crippen LogP contribution < -0.4 is 5.32 Å². The normalized spacial score (nSPS) is 15.8. The summed E-state index contributed by atoms with van der Waals surface area (Å²) >= 11 is 8.96. The second-order valence-electron chi connectivity index (χ2n) is 7.39. The highest BCUT2D eigenvalue weighted by Gasteiger charge is 2.31. The van der Waals surface area contributed by atoms with E-state index in [9.17, 15) is 13.2 Å². The number of amides is 1. The summed E-state index contributed by atoms with van der Waals surface area (Å²) in [5, 5.41) is 6.35. The first-order chi connectivity index (χ1) is 14.7. The average molecular weight is 497 g/mol. The quantitative estimate of drug-likeness (QED) is 0.553. The van der Waals surface area contributed by atoms with Crippen molar-refractivity contribution >= 4 is 55.3 Å². The third-order valence-electron chi connectivity index (χ3n) is 5.18. The third-order valence-corrected chi connectivity index (χ3v) is 9.32. The van der Waals surface area contributed by atoms with Gasteiger partial charge in [-0.15, -0.1) is 22.7 Å². The number of rotatable bonds is 5. The van der Waals surface area contributed by atoms with Gasteiger partial charge in [0.25, 0.3) is 5.91 Å². The zero-order valence-corrected chi connectivity index (χ0v) is 20.2. The van der Waals surface area contributed by atoms with Crippen LogP contribution in [-0.2, 0) is 10.0 Å². The van der Waals surface area contributed by atoms with Crippen molar-refractivity contribution in [3.8, 4) is 0 Å². The predicted molar refractivity (Wildman–Crippen MR) is 124 cm³/mol. The van der Waals surface area contributed by atoms with Crippen LogP contribution in [0, 0.1) is 13.8 Å². The molecule has 0 spiro atoms. The summed E-state index contributed by atoms with van der Waals surface area (Å²) in [7, 11) is -3.59. The SMILES string of the molecule is Cc1cnc(NC(=O)c2csc(C3CCN(S(=O)(=O)c4ccc(C)c(Cl)c4)CC3)n2)s1. The van der Waals surface area contributed by atoms with Gasteiger partial charge in [0.1, 0.15) is 5.69 Å². The number of piperidine rings is 1. The van der Waals surface area contributed by atoms with Gasteiger partial charge in [-0.05, 0) is 44.4 Å². The van der Waals surface area contributed by atoms with Gasteiger partial charge in [0.2, 0.25) is 10.0 Å². The standard InChI is InChI=1S/C20H21ClN4O3S3/c1-12-3-4-15(9-16(12)21)31(27,28)25-7-5-14(6-8-25)19-23-17(11-29-19)18(26)24-20-22-10-13(2)30-20/h3-4,9-11,14H,5-8H2,1-2H3,(H,22,24,26). The van der Waals surface area contributed by atoms with E-state index in [1.807, 2.05) is 13.8 Å². The molecule has 0 aliphatic carbocycles. The predicted octanol–water partition coefficient (Wildman–Crippen LogP) is 4.69. The van der Waals surface area contributed by atoms with Gasteiger partial charge < -0.3 is 0 Å². The molecular weight excluding hydrogens is 476 g/mol. The Labute approximate surface area is 194 Å². The lowest BCUT2D eigenvalue weighted by Gasteiger charge is -2.30. The van der Waals surface area contributed by atoms with Crippen molar-refractivity contribution in [3.05, 3.63) is 55.9 Å². The van der Waals surface area contributed by atoms with Crippen LogP contribution >= 0.6 is 34.3 Å². The Morgan fingerprint density at radius 1 is 1.26 bits per heavy atom. The molecule has 0 atom stereocenters. The molecular formula is C20H21ClN4O3S3. The molecule has 1 aliphatic heterocycles. The van der Waals surface area contributed by atoms with Gasteiger partial charge in [-0.3, -0.25) is 10.1 Å². The number of nitrogens with zero attached hydrogens (tertiary/aromatic N) is 3. The molecule has 31 heavy (non-hydrogen) atoms. The lowest BCUT2D eigenvalue weighted by molar-refractivity contribution is 0.102. The van der Waals surface area contributed by atoms with Crippen LogP contribution in [0.2, 0.25) is 5.02 Å².